The fourth-order valence-corrected chi connectivity index (χ4v) is 4.01. The van der Waals surface area contributed by atoms with E-state index in [1.165, 1.54) is 23.5 Å². The van der Waals surface area contributed by atoms with Crippen molar-refractivity contribution >= 4 is 29.0 Å². The Balaban J connectivity index is 1.81. The van der Waals surface area contributed by atoms with Gasteiger partial charge in [0, 0.05) is 11.4 Å². The highest BCUT2D eigenvalue weighted by atomic mass is 32.2. The molecule has 5 nitrogen and oxygen atoms in total. The number of nitrogens with zero attached hydrogens (tertiary/aromatic N) is 3. The summed E-state index contributed by atoms with van der Waals surface area (Å²) in [6, 6.07) is 9.80. The molecule has 1 amide bonds. The van der Waals surface area contributed by atoms with Crippen LogP contribution in [0.2, 0.25) is 0 Å². The molecule has 0 saturated carbocycles. The fourth-order valence-electron chi connectivity index (χ4n) is 2.32. The summed E-state index contributed by atoms with van der Waals surface area (Å²) in [5, 5.41) is 14.0. The molecule has 0 bridgehead atoms. The second kappa shape index (κ2) is 8.95. The lowest BCUT2D eigenvalue weighted by Crippen LogP contribution is -2.23. The van der Waals surface area contributed by atoms with Crippen LogP contribution in [0.4, 0.5) is 4.39 Å². The van der Waals surface area contributed by atoms with Crippen molar-refractivity contribution in [2.75, 3.05) is 5.75 Å². The normalized spacial score (nSPS) is 10.8. The van der Waals surface area contributed by atoms with Gasteiger partial charge in [0.2, 0.25) is 0 Å². The molecule has 0 aliphatic heterocycles. The van der Waals surface area contributed by atoms with Crippen LogP contribution in [0.15, 0.2) is 46.9 Å². The number of unbranched alkanes of at least 4 members (excludes halogenated alkanes) is 1. The minimum absolute atomic E-state index is 0.145. The number of carbonyl (C=O) groups is 1. The molecule has 0 unspecified atom stereocenters. The summed E-state index contributed by atoms with van der Waals surface area (Å²) in [6.07, 6.45) is 2.17. The van der Waals surface area contributed by atoms with Gasteiger partial charge in [0.1, 0.15) is 5.82 Å². The molecule has 1 N–H and O–H groups in total. The first-order valence-corrected chi connectivity index (χ1v) is 10.2. The third kappa shape index (κ3) is 4.50. The summed E-state index contributed by atoms with van der Waals surface area (Å²) in [4.78, 5) is 12.8. The van der Waals surface area contributed by atoms with Gasteiger partial charge in [-0.15, -0.1) is 21.5 Å². The summed E-state index contributed by atoms with van der Waals surface area (Å²) in [5.74, 6) is 1.10. The van der Waals surface area contributed by atoms with E-state index in [1.807, 2.05) is 16.0 Å². The number of hydrogen-bond donors (Lipinski definition) is 1. The predicted molar refractivity (Wildman–Crippen MR) is 102 cm³/mol. The second-order valence-corrected chi connectivity index (χ2v) is 7.58. The molecule has 3 aromatic rings. The van der Waals surface area contributed by atoms with Crippen LogP contribution in [0.3, 0.4) is 0 Å². The zero-order valence-corrected chi connectivity index (χ0v) is 15.9. The first-order chi connectivity index (χ1) is 12.7. The van der Waals surface area contributed by atoms with Crippen molar-refractivity contribution < 1.29 is 9.18 Å². The molecular formula is C18H19FN4OS2. The molecule has 2 heterocycles. The molecule has 26 heavy (non-hydrogen) atoms. The number of nitrogens with one attached hydrogen (secondary N) is 1. The smallest absolute Gasteiger partial charge is 0.261 e. The van der Waals surface area contributed by atoms with Crippen LogP contribution in [0.1, 0.15) is 35.3 Å². The van der Waals surface area contributed by atoms with E-state index in [-0.39, 0.29) is 18.3 Å². The van der Waals surface area contributed by atoms with E-state index in [9.17, 15) is 9.18 Å². The quantitative estimate of drug-likeness (QED) is 0.460. The van der Waals surface area contributed by atoms with Gasteiger partial charge in [-0.3, -0.25) is 9.36 Å². The van der Waals surface area contributed by atoms with Gasteiger partial charge in [-0.25, -0.2) is 4.39 Å². The molecule has 1 aromatic carbocycles. The number of benzene rings is 1. The molecule has 136 valence electrons. The van der Waals surface area contributed by atoms with Crippen LogP contribution < -0.4 is 5.32 Å². The number of thiophene rings is 1. The molecule has 0 aliphatic carbocycles. The van der Waals surface area contributed by atoms with Crippen molar-refractivity contribution in [2.24, 2.45) is 0 Å². The van der Waals surface area contributed by atoms with E-state index in [0.29, 0.717) is 10.7 Å². The summed E-state index contributed by atoms with van der Waals surface area (Å²) < 4.78 is 15.2. The van der Waals surface area contributed by atoms with Gasteiger partial charge in [0.25, 0.3) is 5.91 Å². The molecule has 0 spiro atoms. The SMILES string of the molecule is CCCCSc1nnc(CNC(=O)c2cccs2)n1-c1ccc(F)cc1. The summed E-state index contributed by atoms with van der Waals surface area (Å²) in [7, 11) is 0. The van der Waals surface area contributed by atoms with Crippen molar-refractivity contribution in [1.82, 2.24) is 20.1 Å². The Morgan fingerprint density at radius 3 is 2.77 bits per heavy atom. The first kappa shape index (κ1) is 18.6. The topological polar surface area (TPSA) is 59.8 Å². The maximum Gasteiger partial charge on any atom is 0.261 e. The largest absolute Gasteiger partial charge is 0.344 e. The maximum atomic E-state index is 13.3. The Morgan fingerprint density at radius 2 is 2.08 bits per heavy atom. The second-order valence-electron chi connectivity index (χ2n) is 5.57. The minimum Gasteiger partial charge on any atom is -0.344 e. The molecular weight excluding hydrogens is 371 g/mol. The standard InChI is InChI=1S/C18H19FN4OS2/c1-2-3-10-26-18-22-21-16(12-20-17(24)15-5-4-11-25-15)23(18)14-8-6-13(19)7-9-14/h4-9,11H,2-3,10,12H2,1H3,(H,20,24). The highest BCUT2D eigenvalue weighted by Crippen LogP contribution is 2.23. The van der Waals surface area contributed by atoms with Gasteiger partial charge >= 0.3 is 0 Å². The summed E-state index contributed by atoms with van der Waals surface area (Å²) >= 11 is 2.99. The number of rotatable bonds is 8. The van der Waals surface area contributed by atoms with Crippen LogP contribution >= 0.6 is 23.1 Å². The average Bonchev–Trinajstić information content (AvgIpc) is 3.31. The zero-order valence-electron chi connectivity index (χ0n) is 14.3. The summed E-state index contributed by atoms with van der Waals surface area (Å²) in [6.45, 7) is 2.38. The first-order valence-electron chi connectivity index (χ1n) is 8.33. The number of thioether (sulfide) groups is 1. The van der Waals surface area contributed by atoms with Crippen molar-refractivity contribution in [1.29, 1.82) is 0 Å². The van der Waals surface area contributed by atoms with E-state index in [1.54, 1.807) is 30.0 Å². The zero-order chi connectivity index (χ0) is 18.4. The predicted octanol–water partition coefficient (Wildman–Crippen LogP) is 4.29. The lowest BCUT2D eigenvalue weighted by molar-refractivity contribution is 0.0953. The third-order valence-corrected chi connectivity index (χ3v) is 5.55. The van der Waals surface area contributed by atoms with Crippen molar-refractivity contribution in [3.05, 3.63) is 58.3 Å². The Hall–Kier alpha value is -2.19. The molecule has 0 aliphatic rings. The lowest BCUT2D eigenvalue weighted by Gasteiger charge is -2.10. The minimum atomic E-state index is -0.297. The van der Waals surface area contributed by atoms with Gasteiger partial charge in [-0.1, -0.05) is 31.2 Å². The van der Waals surface area contributed by atoms with E-state index in [0.717, 1.165) is 29.4 Å². The third-order valence-electron chi connectivity index (χ3n) is 3.67. The Labute approximate surface area is 159 Å². The van der Waals surface area contributed by atoms with E-state index in [4.69, 9.17) is 0 Å². The number of halogens is 1. The highest BCUT2D eigenvalue weighted by Gasteiger charge is 2.16. The van der Waals surface area contributed by atoms with Crippen LogP contribution in [0.25, 0.3) is 5.69 Å². The monoisotopic (exact) mass is 390 g/mol. The summed E-state index contributed by atoms with van der Waals surface area (Å²) in [5.41, 5.74) is 0.774. The van der Waals surface area contributed by atoms with Crippen LogP contribution in [-0.2, 0) is 6.54 Å². The molecule has 0 atom stereocenters. The molecule has 3 rings (SSSR count). The average molecular weight is 391 g/mol. The van der Waals surface area contributed by atoms with E-state index < -0.39 is 0 Å². The number of amides is 1. The molecule has 2 aromatic heterocycles. The van der Waals surface area contributed by atoms with Gasteiger partial charge < -0.3 is 5.32 Å². The molecule has 0 fully saturated rings. The van der Waals surface area contributed by atoms with Crippen LogP contribution in [0.5, 0.6) is 0 Å². The fraction of sp³-hybridized carbons (Fsp3) is 0.278. The van der Waals surface area contributed by atoms with Crippen molar-refractivity contribution in [2.45, 2.75) is 31.5 Å². The lowest BCUT2D eigenvalue weighted by atomic mass is 10.3. The van der Waals surface area contributed by atoms with Gasteiger partial charge in [0.15, 0.2) is 11.0 Å². The van der Waals surface area contributed by atoms with Gasteiger partial charge in [0.05, 0.1) is 11.4 Å². The van der Waals surface area contributed by atoms with Gasteiger partial charge in [-0.05, 0) is 42.1 Å². The van der Waals surface area contributed by atoms with E-state index >= 15 is 0 Å². The van der Waals surface area contributed by atoms with Crippen LogP contribution in [0, 0.1) is 5.82 Å². The number of carbonyl (C=O) groups excluding carboxylic acids is 1. The molecule has 0 radical (unpaired) electrons. The molecule has 0 saturated heterocycles. The Kier molecular flexibility index (Phi) is 6.40. The van der Waals surface area contributed by atoms with Gasteiger partial charge in [-0.2, -0.15) is 0 Å². The Bertz CT molecular complexity index is 847. The van der Waals surface area contributed by atoms with E-state index in [2.05, 4.69) is 22.4 Å². The van der Waals surface area contributed by atoms with Crippen molar-refractivity contribution in [3.8, 4) is 5.69 Å². The molecule has 8 heteroatoms. The Morgan fingerprint density at radius 1 is 1.27 bits per heavy atom. The highest BCUT2D eigenvalue weighted by molar-refractivity contribution is 7.99. The maximum absolute atomic E-state index is 13.3. The van der Waals surface area contributed by atoms with Crippen molar-refractivity contribution in [3.63, 3.8) is 0 Å². The van der Waals surface area contributed by atoms with Crippen LogP contribution in [-0.4, -0.2) is 26.4 Å². The number of hydrogen-bond acceptors (Lipinski definition) is 5. The number of aromatic nitrogens is 3.